The Morgan fingerprint density at radius 1 is 1.32 bits per heavy atom. The second kappa shape index (κ2) is 7.09. The summed E-state index contributed by atoms with van der Waals surface area (Å²) in [5.74, 6) is 0.752. The van der Waals surface area contributed by atoms with Gasteiger partial charge in [0.2, 0.25) is 5.91 Å². The van der Waals surface area contributed by atoms with Crippen molar-refractivity contribution in [3.8, 4) is 0 Å². The van der Waals surface area contributed by atoms with E-state index in [2.05, 4.69) is 34.2 Å². The summed E-state index contributed by atoms with van der Waals surface area (Å²) in [5, 5.41) is 4.22. The fourth-order valence-electron chi connectivity index (χ4n) is 2.82. The van der Waals surface area contributed by atoms with Crippen molar-refractivity contribution in [1.29, 1.82) is 0 Å². The quantitative estimate of drug-likeness (QED) is 0.842. The van der Waals surface area contributed by atoms with Crippen molar-refractivity contribution in [2.45, 2.75) is 45.1 Å². The third-order valence-corrected chi connectivity index (χ3v) is 4.90. The maximum absolute atomic E-state index is 12.2. The van der Waals surface area contributed by atoms with E-state index in [0.717, 1.165) is 17.3 Å². The lowest BCUT2D eigenvalue weighted by Crippen LogP contribution is -2.43. The van der Waals surface area contributed by atoms with Gasteiger partial charge in [-0.15, -0.1) is 0 Å². The highest BCUT2D eigenvalue weighted by Crippen LogP contribution is 2.26. The van der Waals surface area contributed by atoms with Crippen molar-refractivity contribution < 1.29 is 4.79 Å². The Hall–Kier alpha value is -0.830. The van der Waals surface area contributed by atoms with Gasteiger partial charge in [0.25, 0.3) is 0 Å². The van der Waals surface area contributed by atoms with Gasteiger partial charge in [0, 0.05) is 11.4 Å². The highest BCUT2D eigenvalue weighted by Gasteiger charge is 2.25. The van der Waals surface area contributed by atoms with Crippen LogP contribution in [0.4, 0.5) is 0 Å². The van der Waals surface area contributed by atoms with Gasteiger partial charge in [0.05, 0.1) is 6.42 Å². The Morgan fingerprint density at radius 2 is 2.05 bits per heavy atom. The molecule has 0 heterocycles. The van der Waals surface area contributed by atoms with Gasteiger partial charge in [-0.1, -0.05) is 53.0 Å². The molecule has 2 atom stereocenters. The summed E-state index contributed by atoms with van der Waals surface area (Å²) in [6.45, 7) is 2.06. The highest BCUT2D eigenvalue weighted by molar-refractivity contribution is 9.09. The van der Waals surface area contributed by atoms with E-state index in [1.807, 2.05) is 18.2 Å². The van der Waals surface area contributed by atoms with E-state index in [9.17, 15) is 4.79 Å². The van der Waals surface area contributed by atoms with E-state index < -0.39 is 0 Å². The minimum absolute atomic E-state index is 0.159. The van der Waals surface area contributed by atoms with Crippen LogP contribution in [0.1, 0.15) is 36.8 Å². The van der Waals surface area contributed by atoms with Gasteiger partial charge in [-0.25, -0.2) is 0 Å². The predicted octanol–water partition coefficient (Wildman–Crippen LogP) is 3.61. The fraction of sp³-hybridized carbons (Fsp3) is 0.562. The molecule has 1 aliphatic carbocycles. The molecule has 104 valence electrons. The Morgan fingerprint density at radius 3 is 2.79 bits per heavy atom. The zero-order valence-electron chi connectivity index (χ0n) is 11.5. The van der Waals surface area contributed by atoms with Crippen LogP contribution in [0, 0.1) is 12.8 Å². The molecule has 2 rings (SSSR count). The van der Waals surface area contributed by atoms with E-state index in [1.54, 1.807) is 0 Å². The molecule has 1 aromatic carbocycles. The van der Waals surface area contributed by atoms with Crippen LogP contribution in [0.5, 0.6) is 0 Å². The number of rotatable bonds is 4. The van der Waals surface area contributed by atoms with Gasteiger partial charge >= 0.3 is 0 Å². The Balaban J connectivity index is 1.92. The SMILES string of the molecule is Cc1ccccc1CC(=O)NC1CCCCC1CBr. The maximum atomic E-state index is 12.2. The summed E-state index contributed by atoms with van der Waals surface area (Å²) in [4.78, 5) is 12.2. The summed E-state index contributed by atoms with van der Waals surface area (Å²) >= 11 is 3.57. The molecule has 0 aromatic heterocycles. The van der Waals surface area contributed by atoms with E-state index in [1.165, 1.54) is 24.8 Å². The Kier molecular flexibility index (Phi) is 5.44. The molecule has 1 amide bonds. The van der Waals surface area contributed by atoms with E-state index >= 15 is 0 Å². The first-order chi connectivity index (χ1) is 9.20. The lowest BCUT2D eigenvalue weighted by atomic mass is 9.86. The number of alkyl halides is 1. The standard InChI is InChI=1S/C16H22BrNO/c1-12-6-2-3-7-13(12)10-16(19)18-15-9-5-4-8-14(15)11-17/h2-3,6-7,14-15H,4-5,8-11H2,1H3,(H,18,19). The van der Waals surface area contributed by atoms with Crippen molar-refractivity contribution in [1.82, 2.24) is 5.32 Å². The van der Waals surface area contributed by atoms with Crippen molar-refractivity contribution in [2.24, 2.45) is 5.92 Å². The minimum atomic E-state index is 0.159. The van der Waals surface area contributed by atoms with Crippen LogP contribution in [0.15, 0.2) is 24.3 Å². The second-order valence-electron chi connectivity index (χ2n) is 5.48. The third-order valence-electron chi connectivity index (χ3n) is 4.07. The summed E-state index contributed by atoms with van der Waals surface area (Å²) in [6, 6.07) is 8.46. The van der Waals surface area contributed by atoms with Gasteiger partial charge < -0.3 is 5.32 Å². The monoisotopic (exact) mass is 323 g/mol. The van der Waals surface area contributed by atoms with Crippen LogP contribution in [0.25, 0.3) is 0 Å². The molecular formula is C16H22BrNO. The lowest BCUT2D eigenvalue weighted by molar-refractivity contribution is -0.121. The molecule has 0 bridgehead atoms. The van der Waals surface area contributed by atoms with Gasteiger partial charge in [0.1, 0.15) is 0 Å². The van der Waals surface area contributed by atoms with E-state index in [0.29, 0.717) is 18.4 Å². The van der Waals surface area contributed by atoms with Crippen molar-refractivity contribution >= 4 is 21.8 Å². The Bertz CT molecular complexity index is 433. The van der Waals surface area contributed by atoms with Crippen LogP contribution in [-0.2, 0) is 11.2 Å². The first-order valence-corrected chi connectivity index (χ1v) is 8.22. The minimum Gasteiger partial charge on any atom is -0.353 e. The van der Waals surface area contributed by atoms with Crippen LogP contribution in [0.3, 0.4) is 0 Å². The van der Waals surface area contributed by atoms with E-state index in [-0.39, 0.29) is 5.91 Å². The zero-order valence-corrected chi connectivity index (χ0v) is 13.1. The summed E-state index contributed by atoms with van der Waals surface area (Å²) in [7, 11) is 0. The average Bonchev–Trinajstić information content (AvgIpc) is 2.42. The lowest BCUT2D eigenvalue weighted by Gasteiger charge is -2.31. The smallest absolute Gasteiger partial charge is 0.224 e. The third kappa shape index (κ3) is 4.07. The largest absolute Gasteiger partial charge is 0.353 e. The molecule has 0 spiro atoms. The van der Waals surface area contributed by atoms with Crippen molar-refractivity contribution in [3.05, 3.63) is 35.4 Å². The molecular weight excluding hydrogens is 302 g/mol. The number of hydrogen-bond donors (Lipinski definition) is 1. The number of hydrogen-bond acceptors (Lipinski definition) is 1. The molecule has 0 radical (unpaired) electrons. The van der Waals surface area contributed by atoms with Gasteiger partial charge in [-0.3, -0.25) is 4.79 Å². The topological polar surface area (TPSA) is 29.1 Å². The number of carbonyl (C=O) groups is 1. The summed E-state index contributed by atoms with van der Waals surface area (Å²) in [5.41, 5.74) is 2.32. The van der Waals surface area contributed by atoms with Gasteiger partial charge in [0.15, 0.2) is 0 Å². The van der Waals surface area contributed by atoms with Crippen LogP contribution in [-0.4, -0.2) is 17.3 Å². The van der Waals surface area contributed by atoms with Crippen LogP contribution in [0.2, 0.25) is 0 Å². The van der Waals surface area contributed by atoms with Gasteiger partial charge in [-0.05, 0) is 36.8 Å². The van der Waals surface area contributed by atoms with E-state index in [4.69, 9.17) is 0 Å². The first-order valence-electron chi connectivity index (χ1n) is 7.10. The fourth-order valence-corrected chi connectivity index (χ4v) is 3.60. The summed E-state index contributed by atoms with van der Waals surface area (Å²) in [6.07, 6.45) is 5.37. The first kappa shape index (κ1) is 14.6. The zero-order chi connectivity index (χ0) is 13.7. The predicted molar refractivity (Wildman–Crippen MR) is 82.6 cm³/mol. The molecule has 1 fully saturated rings. The average molecular weight is 324 g/mol. The Labute approximate surface area is 124 Å². The van der Waals surface area contributed by atoms with Crippen molar-refractivity contribution in [3.63, 3.8) is 0 Å². The number of benzene rings is 1. The molecule has 0 saturated heterocycles. The molecule has 19 heavy (non-hydrogen) atoms. The van der Waals surface area contributed by atoms with Crippen molar-refractivity contribution in [2.75, 3.05) is 5.33 Å². The molecule has 1 aromatic rings. The van der Waals surface area contributed by atoms with Crippen LogP contribution < -0.4 is 5.32 Å². The molecule has 1 aliphatic rings. The molecule has 3 heteroatoms. The number of aryl methyl sites for hydroxylation is 1. The molecule has 0 aliphatic heterocycles. The number of carbonyl (C=O) groups excluding carboxylic acids is 1. The second-order valence-corrected chi connectivity index (χ2v) is 6.12. The molecule has 1 N–H and O–H groups in total. The normalized spacial score (nSPS) is 23.1. The molecule has 1 saturated carbocycles. The highest BCUT2D eigenvalue weighted by atomic mass is 79.9. The molecule has 2 unspecified atom stereocenters. The van der Waals surface area contributed by atoms with Crippen LogP contribution >= 0.6 is 15.9 Å². The molecule has 2 nitrogen and oxygen atoms in total. The number of amides is 1. The number of halogens is 1. The summed E-state index contributed by atoms with van der Waals surface area (Å²) < 4.78 is 0. The maximum Gasteiger partial charge on any atom is 0.224 e. The number of nitrogens with one attached hydrogen (secondary N) is 1. The van der Waals surface area contributed by atoms with Gasteiger partial charge in [-0.2, -0.15) is 0 Å².